The Kier molecular flexibility index (Phi) is 2.56. The molecule has 0 fully saturated rings. The summed E-state index contributed by atoms with van der Waals surface area (Å²) in [5.74, 6) is 0. The minimum atomic E-state index is -2.40. The van der Waals surface area contributed by atoms with Crippen molar-refractivity contribution in [2.45, 2.75) is 12.8 Å². The van der Waals surface area contributed by atoms with Crippen LogP contribution < -0.4 is 0 Å². The highest BCUT2D eigenvalue weighted by Gasteiger charge is 2.16. The smallest absolute Gasteiger partial charge is 0.205 e. The predicted molar refractivity (Wildman–Crippen MR) is 67.5 cm³/mol. The van der Waals surface area contributed by atoms with E-state index in [1.54, 1.807) is 5.38 Å². The van der Waals surface area contributed by atoms with Crippen molar-refractivity contribution in [1.82, 2.24) is 0 Å². The molecule has 2 aromatic rings. The van der Waals surface area contributed by atoms with Gasteiger partial charge in [0.05, 0.1) is 0 Å². The van der Waals surface area contributed by atoms with Gasteiger partial charge in [0.15, 0.2) is 0 Å². The summed E-state index contributed by atoms with van der Waals surface area (Å²) in [5, 5.41) is 3.32. The van der Waals surface area contributed by atoms with Crippen LogP contribution in [0.3, 0.4) is 0 Å². The molecule has 3 rings (SSSR count). The van der Waals surface area contributed by atoms with E-state index in [-0.39, 0.29) is 5.56 Å². The Morgan fingerprint density at radius 1 is 1.18 bits per heavy atom. The second kappa shape index (κ2) is 4.08. The average Bonchev–Trinajstić information content (AvgIpc) is 2.96. The molecule has 0 radical (unpaired) electrons. The van der Waals surface area contributed by atoms with Crippen LogP contribution in [0.4, 0.5) is 8.78 Å². The molecule has 0 saturated heterocycles. The first-order valence-corrected chi connectivity index (χ1v) is 6.34. The number of rotatable bonds is 2. The van der Waals surface area contributed by atoms with Gasteiger partial charge in [-0.1, -0.05) is 24.3 Å². The van der Waals surface area contributed by atoms with Crippen LogP contribution in [-0.2, 0) is 6.42 Å². The quantitative estimate of drug-likeness (QED) is 0.707. The fourth-order valence-electron chi connectivity index (χ4n) is 2.13. The molecule has 1 aromatic carbocycles. The van der Waals surface area contributed by atoms with Crippen molar-refractivity contribution in [3.05, 3.63) is 51.7 Å². The van der Waals surface area contributed by atoms with E-state index in [1.165, 1.54) is 22.3 Å². The highest BCUT2D eigenvalue weighted by Crippen LogP contribution is 2.35. The lowest BCUT2D eigenvalue weighted by atomic mass is 10.00. The van der Waals surface area contributed by atoms with Crippen LogP contribution in [0.15, 0.2) is 35.0 Å². The Morgan fingerprint density at radius 2 is 2.06 bits per heavy atom. The lowest BCUT2D eigenvalue weighted by Gasteiger charge is -2.06. The van der Waals surface area contributed by atoms with Crippen molar-refractivity contribution in [2.75, 3.05) is 0 Å². The first-order valence-electron chi connectivity index (χ1n) is 5.40. The molecule has 0 bridgehead atoms. The molecule has 1 aliphatic carbocycles. The average molecular weight is 248 g/mol. The molecule has 0 saturated carbocycles. The lowest BCUT2D eigenvalue weighted by molar-refractivity contribution is 0.152. The van der Waals surface area contributed by atoms with E-state index in [1.807, 2.05) is 24.3 Å². The van der Waals surface area contributed by atoms with E-state index in [4.69, 9.17) is 0 Å². The van der Waals surface area contributed by atoms with Crippen molar-refractivity contribution < 1.29 is 8.78 Å². The third-order valence-corrected chi connectivity index (χ3v) is 3.78. The molecule has 86 valence electrons. The van der Waals surface area contributed by atoms with Crippen molar-refractivity contribution >= 4 is 17.4 Å². The van der Waals surface area contributed by atoms with Gasteiger partial charge in [-0.3, -0.25) is 0 Å². The zero-order valence-electron chi connectivity index (χ0n) is 8.99. The Morgan fingerprint density at radius 3 is 2.88 bits per heavy atom. The van der Waals surface area contributed by atoms with E-state index in [9.17, 15) is 8.78 Å². The van der Waals surface area contributed by atoms with Gasteiger partial charge in [-0.25, -0.2) is 8.78 Å². The van der Waals surface area contributed by atoms with Crippen LogP contribution in [0.2, 0.25) is 0 Å². The number of allylic oxidation sites excluding steroid dienone is 1. The maximum Gasteiger partial charge on any atom is 0.265 e. The van der Waals surface area contributed by atoms with Gasteiger partial charge in [-0.2, -0.15) is 11.3 Å². The maximum absolute atomic E-state index is 12.8. The first kappa shape index (κ1) is 10.7. The summed E-state index contributed by atoms with van der Waals surface area (Å²) in [5.41, 5.74) is 4.09. The second-order valence-electron chi connectivity index (χ2n) is 4.06. The van der Waals surface area contributed by atoms with Crippen molar-refractivity contribution in [3.63, 3.8) is 0 Å². The third kappa shape index (κ3) is 1.80. The normalized spacial score (nSPS) is 13.4. The fourth-order valence-corrected chi connectivity index (χ4v) is 2.98. The second-order valence-corrected chi connectivity index (χ2v) is 4.81. The number of alkyl halides is 2. The fraction of sp³-hybridized carbons (Fsp3) is 0.143. The Balaban J connectivity index is 2.09. The molecule has 1 aliphatic rings. The number of halogens is 2. The van der Waals surface area contributed by atoms with Crippen LogP contribution in [0.1, 0.15) is 23.1 Å². The lowest BCUT2D eigenvalue weighted by Crippen LogP contribution is -1.87. The zero-order chi connectivity index (χ0) is 11.8. The molecule has 0 spiro atoms. The van der Waals surface area contributed by atoms with E-state index >= 15 is 0 Å². The summed E-state index contributed by atoms with van der Waals surface area (Å²) in [4.78, 5) is 0. The minimum absolute atomic E-state index is 0.136. The number of hydrogen-bond donors (Lipinski definition) is 0. The van der Waals surface area contributed by atoms with Gasteiger partial charge in [0.1, 0.15) is 0 Å². The number of benzene rings is 1. The van der Waals surface area contributed by atoms with E-state index in [0.29, 0.717) is 5.56 Å². The Labute approximate surface area is 102 Å². The number of fused-ring (bicyclic) bond motifs is 1. The molecular weight excluding hydrogens is 238 g/mol. The van der Waals surface area contributed by atoms with E-state index in [2.05, 4.69) is 6.08 Å². The van der Waals surface area contributed by atoms with Gasteiger partial charge in [-0.15, -0.1) is 0 Å². The molecule has 0 nitrogen and oxygen atoms in total. The third-order valence-electron chi connectivity index (χ3n) is 3.02. The Hall–Kier alpha value is -1.48. The molecule has 0 unspecified atom stereocenters. The molecule has 0 amide bonds. The molecule has 0 atom stereocenters. The molecule has 0 N–H and O–H groups in total. The van der Waals surface area contributed by atoms with Crippen LogP contribution in [-0.4, -0.2) is 0 Å². The van der Waals surface area contributed by atoms with Gasteiger partial charge < -0.3 is 0 Å². The topological polar surface area (TPSA) is 0 Å². The molecule has 1 heterocycles. The highest BCUT2D eigenvalue weighted by atomic mass is 32.1. The SMILES string of the molecule is FC(F)c1cscc1-c1ccc2c(c1)C=CC2. The van der Waals surface area contributed by atoms with E-state index in [0.717, 1.165) is 17.5 Å². The van der Waals surface area contributed by atoms with Gasteiger partial charge in [0.25, 0.3) is 6.43 Å². The largest absolute Gasteiger partial charge is 0.265 e. The van der Waals surface area contributed by atoms with Crippen LogP contribution in [0, 0.1) is 0 Å². The van der Waals surface area contributed by atoms with Crippen LogP contribution in [0.5, 0.6) is 0 Å². The van der Waals surface area contributed by atoms with Gasteiger partial charge in [0, 0.05) is 16.5 Å². The summed E-state index contributed by atoms with van der Waals surface area (Å²) in [6, 6.07) is 5.95. The van der Waals surface area contributed by atoms with Crippen LogP contribution >= 0.6 is 11.3 Å². The standard InChI is InChI=1S/C14H10F2S/c15-14(16)13-8-17-7-12(13)11-5-4-9-2-1-3-10(9)6-11/h1,3-8,14H,2H2. The summed E-state index contributed by atoms with van der Waals surface area (Å²) >= 11 is 1.32. The first-order chi connectivity index (χ1) is 8.25. The molecule has 0 aliphatic heterocycles. The molecule has 1 aromatic heterocycles. The number of hydrogen-bond acceptors (Lipinski definition) is 1. The molecule has 3 heteroatoms. The molecular formula is C14H10F2S. The maximum atomic E-state index is 12.8. The van der Waals surface area contributed by atoms with Crippen LogP contribution in [0.25, 0.3) is 17.2 Å². The highest BCUT2D eigenvalue weighted by molar-refractivity contribution is 7.08. The molecule has 17 heavy (non-hydrogen) atoms. The van der Waals surface area contributed by atoms with Gasteiger partial charge in [0.2, 0.25) is 0 Å². The minimum Gasteiger partial charge on any atom is -0.205 e. The summed E-state index contributed by atoms with van der Waals surface area (Å²) < 4.78 is 25.6. The van der Waals surface area contributed by atoms with E-state index < -0.39 is 6.43 Å². The zero-order valence-corrected chi connectivity index (χ0v) is 9.81. The Bertz CT molecular complexity index is 582. The predicted octanol–water partition coefficient (Wildman–Crippen LogP) is 4.92. The van der Waals surface area contributed by atoms with Gasteiger partial charge in [-0.05, 0) is 34.6 Å². The van der Waals surface area contributed by atoms with Crippen molar-refractivity contribution in [2.24, 2.45) is 0 Å². The summed E-state index contributed by atoms with van der Waals surface area (Å²) in [6.07, 6.45) is 2.68. The van der Waals surface area contributed by atoms with Crippen molar-refractivity contribution in [1.29, 1.82) is 0 Å². The summed E-state index contributed by atoms with van der Waals surface area (Å²) in [7, 11) is 0. The number of thiophene rings is 1. The summed E-state index contributed by atoms with van der Waals surface area (Å²) in [6.45, 7) is 0. The van der Waals surface area contributed by atoms with Crippen molar-refractivity contribution in [3.8, 4) is 11.1 Å². The van der Waals surface area contributed by atoms with Gasteiger partial charge >= 0.3 is 0 Å². The monoisotopic (exact) mass is 248 g/mol.